The van der Waals surface area contributed by atoms with Crippen molar-refractivity contribution in [3.63, 3.8) is 0 Å². The van der Waals surface area contributed by atoms with Crippen molar-refractivity contribution in [1.29, 1.82) is 0 Å². The first kappa shape index (κ1) is 12.3. The molecule has 1 aliphatic heterocycles. The Morgan fingerprint density at radius 2 is 2.35 bits per heavy atom. The monoisotopic (exact) mass is 235 g/mol. The summed E-state index contributed by atoms with van der Waals surface area (Å²) in [5, 5.41) is 0. The fraction of sp³-hybridized carbons (Fsp3) is 0.615. The summed E-state index contributed by atoms with van der Waals surface area (Å²) in [6.45, 7) is 2.95. The minimum absolute atomic E-state index is 0.308. The lowest BCUT2D eigenvalue weighted by atomic mass is 10.2. The molecule has 1 unspecified atom stereocenters. The molecule has 1 aliphatic rings. The third kappa shape index (κ3) is 3.68. The molecule has 0 bridgehead atoms. The lowest BCUT2D eigenvalue weighted by Gasteiger charge is -2.21. The molecule has 4 heteroatoms. The molecule has 0 spiro atoms. The van der Waals surface area contributed by atoms with Crippen LogP contribution in [0.1, 0.15) is 25.0 Å². The standard InChI is InChI=1S/C13H21N3O/c1-17-13-7-4-6-12(15-13)10-16-8-3-2-5-11(14)9-16/h4,6-7,11H,2-3,5,8-10,14H2,1H3. The number of likely N-dealkylation sites (tertiary alicyclic amines) is 1. The number of pyridine rings is 1. The molecule has 1 saturated heterocycles. The van der Waals surface area contributed by atoms with E-state index in [2.05, 4.69) is 9.88 Å². The molecular formula is C13H21N3O. The number of methoxy groups -OCH3 is 1. The highest BCUT2D eigenvalue weighted by Gasteiger charge is 2.15. The van der Waals surface area contributed by atoms with E-state index >= 15 is 0 Å². The highest BCUT2D eigenvalue weighted by atomic mass is 16.5. The summed E-state index contributed by atoms with van der Waals surface area (Å²) in [6.07, 6.45) is 3.61. The number of nitrogens with two attached hydrogens (primary N) is 1. The van der Waals surface area contributed by atoms with E-state index in [0.717, 1.165) is 31.7 Å². The Kier molecular flexibility index (Phi) is 4.34. The van der Waals surface area contributed by atoms with Gasteiger partial charge < -0.3 is 10.5 Å². The Morgan fingerprint density at radius 1 is 1.47 bits per heavy atom. The van der Waals surface area contributed by atoms with E-state index in [4.69, 9.17) is 10.5 Å². The van der Waals surface area contributed by atoms with Crippen molar-refractivity contribution in [2.75, 3.05) is 20.2 Å². The Bertz CT molecular complexity index is 356. The summed E-state index contributed by atoms with van der Waals surface area (Å²) in [5.41, 5.74) is 7.10. The van der Waals surface area contributed by atoms with Crippen LogP contribution in [0.5, 0.6) is 5.88 Å². The van der Waals surface area contributed by atoms with E-state index in [-0.39, 0.29) is 0 Å². The van der Waals surface area contributed by atoms with Crippen molar-refractivity contribution >= 4 is 0 Å². The second-order valence-electron chi connectivity index (χ2n) is 4.66. The number of hydrogen-bond donors (Lipinski definition) is 1. The van der Waals surface area contributed by atoms with E-state index in [1.165, 1.54) is 12.8 Å². The van der Waals surface area contributed by atoms with Gasteiger partial charge in [-0.2, -0.15) is 0 Å². The van der Waals surface area contributed by atoms with Gasteiger partial charge in [-0.15, -0.1) is 0 Å². The molecule has 0 saturated carbocycles. The van der Waals surface area contributed by atoms with Crippen LogP contribution in [0, 0.1) is 0 Å². The Labute approximate surface area is 103 Å². The quantitative estimate of drug-likeness (QED) is 0.860. The molecule has 0 aromatic carbocycles. The van der Waals surface area contributed by atoms with Crippen LogP contribution in [0.3, 0.4) is 0 Å². The molecule has 0 amide bonds. The predicted octanol–water partition coefficient (Wildman–Crippen LogP) is 1.40. The summed E-state index contributed by atoms with van der Waals surface area (Å²) in [5.74, 6) is 0.682. The van der Waals surface area contributed by atoms with Gasteiger partial charge in [0, 0.05) is 25.2 Å². The van der Waals surface area contributed by atoms with E-state index in [9.17, 15) is 0 Å². The number of aromatic nitrogens is 1. The van der Waals surface area contributed by atoms with Crippen LogP contribution in [-0.4, -0.2) is 36.1 Å². The minimum Gasteiger partial charge on any atom is -0.481 e. The van der Waals surface area contributed by atoms with Crippen molar-refractivity contribution in [1.82, 2.24) is 9.88 Å². The minimum atomic E-state index is 0.308. The van der Waals surface area contributed by atoms with Gasteiger partial charge >= 0.3 is 0 Å². The van der Waals surface area contributed by atoms with Gasteiger partial charge in [-0.25, -0.2) is 4.98 Å². The topological polar surface area (TPSA) is 51.4 Å². The van der Waals surface area contributed by atoms with Gasteiger partial charge in [0.1, 0.15) is 0 Å². The van der Waals surface area contributed by atoms with Gasteiger partial charge in [0.15, 0.2) is 0 Å². The SMILES string of the molecule is COc1cccc(CN2CCCCC(N)C2)n1. The molecule has 1 aromatic heterocycles. The van der Waals surface area contributed by atoms with Crippen LogP contribution >= 0.6 is 0 Å². The van der Waals surface area contributed by atoms with Gasteiger partial charge in [-0.05, 0) is 25.5 Å². The average Bonchev–Trinajstić information content (AvgIpc) is 2.54. The number of nitrogens with zero attached hydrogens (tertiary/aromatic N) is 2. The van der Waals surface area contributed by atoms with Gasteiger partial charge in [0.25, 0.3) is 0 Å². The van der Waals surface area contributed by atoms with Crippen LogP contribution < -0.4 is 10.5 Å². The Morgan fingerprint density at radius 3 is 3.18 bits per heavy atom. The maximum absolute atomic E-state index is 6.05. The molecule has 1 fully saturated rings. The zero-order chi connectivity index (χ0) is 12.1. The van der Waals surface area contributed by atoms with E-state index in [1.54, 1.807) is 7.11 Å². The molecule has 1 atom stereocenters. The van der Waals surface area contributed by atoms with Gasteiger partial charge in [0.2, 0.25) is 5.88 Å². The summed E-state index contributed by atoms with van der Waals surface area (Å²) in [7, 11) is 1.65. The van der Waals surface area contributed by atoms with E-state index < -0.39 is 0 Å². The largest absolute Gasteiger partial charge is 0.481 e. The normalized spacial score (nSPS) is 22.1. The summed E-state index contributed by atoms with van der Waals surface area (Å²) < 4.78 is 5.14. The third-order valence-electron chi connectivity index (χ3n) is 3.17. The van der Waals surface area contributed by atoms with Crippen molar-refractivity contribution in [2.24, 2.45) is 5.73 Å². The van der Waals surface area contributed by atoms with Gasteiger partial charge in [-0.1, -0.05) is 12.5 Å². The zero-order valence-corrected chi connectivity index (χ0v) is 10.4. The maximum atomic E-state index is 6.05. The zero-order valence-electron chi connectivity index (χ0n) is 10.4. The molecule has 94 valence electrons. The van der Waals surface area contributed by atoms with E-state index in [0.29, 0.717) is 11.9 Å². The smallest absolute Gasteiger partial charge is 0.213 e. The lowest BCUT2D eigenvalue weighted by molar-refractivity contribution is 0.260. The van der Waals surface area contributed by atoms with Crippen LogP contribution in [0.15, 0.2) is 18.2 Å². The fourth-order valence-electron chi connectivity index (χ4n) is 2.29. The molecule has 2 heterocycles. The Balaban J connectivity index is 1.98. The number of hydrogen-bond acceptors (Lipinski definition) is 4. The van der Waals surface area contributed by atoms with Crippen molar-refractivity contribution in [3.05, 3.63) is 23.9 Å². The molecule has 17 heavy (non-hydrogen) atoms. The van der Waals surface area contributed by atoms with Crippen LogP contribution in [0.2, 0.25) is 0 Å². The second kappa shape index (κ2) is 5.98. The molecule has 2 N–H and O–H groups in total. The summed E-state index contributed by atoms with van der Waals surface area (Å²) in [6, 6.07) is 6.21. The Hall–Kier alpha value is -1.13. The van der Waals surface area contributed by atoms with Crippen LogP contribution in [-0.2, 0) is 6.54 Å². The fourth-order valence-corrected chi connectivity index (χ4v) is 2.29. The molecule has 1 aromatic rings. The van der Waals surface area contributed by atoms with E-state index in [1.807, 2.05) is 18.2 Å². The first-order chi connectivity index (χ1) is 8.28. The second-order valence-corrected chi connectivity index (χ2v) is 4.66. The third-order valence-corrected chi connectivity index (χ3v) is 3.17. The number of ether oxygens (including phenoxy) is 1. The van der Waals surface area contributed by atoms with Gasteiger partial charge in [-0.3, -0.25) is 4.90 Å². The molecule has 0 aliphatic carbocycles. The summed E-state index contributed by atoms with van der Waals surface area (Å²) >= 11 is 0. The van der Waals surface area contributed by atoms with Crippen molar-refractivity contribution in [3.8, 4) is 5.88 Å². The van der Waals surface area contributed by atoms with Crippen molar-refractivity contribution in [2.45, 2.75) is 31.8 Å². The molecule has 4 nitrogen and oxygen atoms in total. The van der Waals surface area contributed by atoms with Crippen LogP contribution in [0.25, 0.3) is 0 Å². The highest BCUT2D eigenvalue weighted by molar-refractivity contribution is 5.15. The number of rotatable bonds is 3. The lowest BCUT2D eigenvalue weighted by Crippen LogP contribution is -2.35. The first-order valence-corrected chi connectivity index (χ1v) is 6.26. The summed E-state index contributed by atoms with van der Waals surface area (Å²) in [4.78, 5) is 6.82. The predicted molar refractivity (Wildman–Crippen MR) is 67.9 cm³/mol. The molecule has 2 rings (SSSR count). The van der Waals surface area contributed by atoms with Crippen LogP contribution in [0.4, 0.5) is 0 Å². The first-order valence-electron chi connectivity index (χ1n) is 6.26. The van der Waals surface area contributed by atoms with Crippen molar-refractivity contribution < 1.29 is 4.74 Å². The highest BCUT2D eigenvalue weighted by Crippen LogP contribution is 2.13. The maximum Gasteiger partial charge on any atom is 0.213 e. The average molecular weight is 235 g/mol. The van der Waals surface area contributed by atoms with Gasteiger partial charge in [0.05, 0.1) is 12.8 Å². The molecule has 0 radical (unpaired) electrons. The molecular weight excluding hydrogens is 214 g/mol.